The highest BCUT2D eigenvalue weighted by Gasteiger charge is 2.16. The monoisotopic (exact) mass is 255 g/mol. The molecule has 2 heteroatoms. The Morgan fingerprint density at radius 1 is 1.05 bits per heavy atom. The fourth-order valence-corrected chi connectivity index (χ4v) is 3.05. The molecule has 0 radical (unpaired) electrons. The van der Waals surface area contributed by atoms with E-state index in [1.165, 1.54) is 36.5 Å². The zero-order valence-electron chi connectivity index (χ0n) is 11.3. The van der Waals surface area contributed by atoms with Crippen LogP contribution in [0.4, 0.5) is 0 Å². The van der Waals surface area contributed by atoms with Crippen LogP contribution in [0.1, 0.15) is 31.2 Å². The van der Waals surface area contributed by atoms with E-state index in [1.54, 1.807) is 0 Å². The molecule has 0 aromatic heterocycles. The Labute approximate surface area is 114 Å². The number of fused-ring (bicyclic) bond motifs is 1. The van der Waals surface area contributed by atoms with Crippen LogP contribution in [0.2, 0.25) is 0 Å². The molecule has 0 aliphatic heterocycles. The molecule has 3 rings (SSSR count). The molecule has 0 spiro atoms. The number of hydrogen-bond acceptors (Lipinski definition) is 2. The standard InChI is InChI=1S/C17H21NO/c18-11-16-15-8-4-3-7-14(15)9-10-17(16)19-12-13-5-1-2-6-13/h3-4,7-10,13H,1-2,5-6,11-12,18H2. The number of rotatable bonds is 4. The maximum atomic E-state index is 6.04. The van der Waals surface area contributed by atoms with Crippen molar-refractivity contribution < 1.29 is 4.74 Å². The van der Waals surface area contributed by atoms with Gasteiger partial charge in [-0.2, -0.15) is 0 Å². The third-order valence-electron chi connectivity index (χ3n) is 4.15. The minimum atomic E-state index is 0.529. The van der Waals surface area contributed by atoms with Gasteiger partial charge in [0.2, 0.25) is 0 Å². The van der Waals surface area contributed by atoms with Crippen LogP contribution in [-0.4, -0.2) is 6.61 Å². The van der Waals surface area contributed by atoms with Gasteiger partial charge in [-0.1, -0.05) is 43.2 Å². The summed E-state index contributed by atoms with van der Waals surface area (Å²) in [6, 6.07) is 12.6. The molecule has 100 valence electrons. The van der Waals surface area contributed by atoms with Crippen molar-refractivity contribution in [2.45, 2.75) is 32.2 Å². The maximum Gasteiger partial charge on any atom is 0.124 e. The highest BCUT2D eigenvalue weighted by atomic mass is 16.5. The van der Waals surface area contributed by atoms with Crippen molar-refractivity contribution in [3.8, 4) is 5.75 Å². The lowest BCUT2D eigenvalue weighted by Gasteiger charge is -2.15. The molecule has 1 saturated carbocycles. The largest absolute Gasteiger partial charge is 0.493 e. The van der Waals surface area contributed by atoms with Crippen molar-refractivity contribution in [2.24, 2.45) is 11.7 Å². The van der Waals surface area contributed by atoms with Gasteiger partial charge in [-0.05, 0) is 35.6 Å². The summed E-state index contributed by atoms with van der Waals surface area (Å²) in [6.07, 6.45) is 5.34. The van der Waals surface area contributed by atoms with E-state index in [9.17, 15) is 0 Å². The summed E-state index contributed by atoms with van der Waals surface area (Å²) in [4.78, 5) is 0. The first kappa shape index (κ1) is 12.5. The summed E-state index contributed by atoms with van der Waals surface area (Å²) in [5.74, 6) is 1.70. The Balaban J connectivity index is 1.85. The van der Waals surface area contributed by atoms with E-state index in [4.69, 9.17) is 10.5 Å². The van der Waals surface area contributed by atoms with Gasteiger partial charge in [0.25, 0.3) is 0 Å². The van der Waals surface area contributed by atoms with Crippen LogP contribution in [0.5, 0.6) is 5.75 Å². The molecule has 2 nitrogen and oxygen atoms in total. The summed E-state index contributed by atoms with van der Waals surface area (Å²) >= 11 is 0. The first-order valence-electron chi connectivity index (χ1n) is 7.22. The lowest BCUT2D eigenvalue weighted by atomic mass is 10.0. The topological polar surface area (TPSA) is 35.2 Å². The molecule has 1 aliphatic carbocycles. The Hall–Kier alpha value is -1.54. The van der Waals surface area contributed by atoms with Gasteiger partial charge in [0.05, 0.1) is 6.61 Å². The van der Waals surface area contributed by atoms with Gasteiger partial charge in [0.15, 0.2) is 0 Å². The zero-order valence-corrected chi connectivity index (χ0v) is 11.3. The van der Waals surface area contributed by atoms with Crippen molar-refractivity contribution in [2.75, 3.05) is 6.61 Å². The van der Waals surface area contributed by atoms with Crippen LogP contribution in [0.15, 0.2) is 36.4 Å². The number of hydrogen-bond donors (Lipinski definition) is 1. The van der Waals surface area contributed by atoms with E-state index in [2.05, 4.69) is 36.4 Å². The molecule has 0 saturated heterocycles. The van der Waals surface area contributed by atoms with Crippen molar-refractivity contribution in [3.63, 3.8) is 0 Å². The zero-order chi connectivity index (χ0) is 13.1. The van der Waals surface area contributed by atoms with Gasteiger partial charge >= 0.3 is 0 Å². The van der Waals surface area contributed by atoms with Crippen molar-refractivity contribution in [3.05, 3.63) is 42.0 Å². The smallest absolute Gasteiger partial charge is 0.124 e. The highest BCUT2D eigenvalue weighted by molar-refractivity contribution is 5.87. The normalized spacial score (nSPS) is 16.1. The SMILES string of the molecule is NCc1c(OCC2CCCC2)ccc2ccccc12. The Morgan fingerprint density at radius 3 is 2.63 bits per heavy atom. The van der Waals surface area contributed by atoms with Gasteiger partial charge in [-0.25, -0.2) is 0 Å². The quantitative estimate of drug-likeness (QED) is 0.900. The van der Waals surface area contributed by atoms with Gasteiger partial charge in [0.1, 0.15) is 5.75 Å². The molecule has 2 aromatic carbocycles. The molecule has 19 heavy (non-hydrogen) atoms. The third kappa shape index (κ3) is 2.59. The predicted octanol–water partition coefficient (Wildman–Crippen LogP) is 3.87. The number of benzene rings is 2. The Kier molecular flexibility index (Phi) is 3.69. The second kappa shape index (κ2) is 5.62. The summed E-state index contributed by atoms with van der Waals surface area (Å²) in [5.41, 5.74) is 7.06. The summed E-state index contributed by atoms with van der Waals surface area (Å²) < 4.78 is 6.04. The second-order valence-electron chi connectivity index (χ2n) is 5.43. The molecule has 1 fully saturated rings. The molecule has 2 N–H and O–H groups in total. The second-order valence-corrected chi connectivity index (χ2v) is 5.43. The van der Waals surface area contributed by atoms with Gasteiger partial charge < -0.3 is 10.5 Å². The van der Waals surface area contributed by atoms with Gasteiger partial charge in [-0.15, -0.1) is 0 Å². The number of nitrogens with two attached hydrogens (primary N) is 1. The first-order valence-corrected chi connectivity index (χ1v) is 7.22. The maximum absolute atomic E-state index is 6.04. The van der Waals surface area contributed by atoms with E-state index in [0.717, 1.165) is 23.8 Å². The van der Waals surface area contributed by atoms with Crippen LogP contribution >= 0.6 is 0 Å². The highest BCUT2D eigenvalue weighted by Crippen LogP contribution is 2.30. The average Bonchev–Trinajstić information content (AvgIpc) is 2.97. The Bertz CT molecular complexity index is 558. The molecule has 0 amide bonds. The molecular formula is C17H21NO. The van der Waals surface area contributed by atoms with Crippen LogP contribution in [0.25, 0.3) is 10.8 Å². The third-order valence-corrected chi connectivity index (χ3v) is 4.15. The van der Waals surface area contributed by atoms with Gasteiger partial charge in [-0.3, -0.25) is 0 Å². The summed E-state index contributed by atoms with van der Waals surface area (Å²) in [5, 5.41) is 2.45. The van der Waals surface area contributed by atoms with Crippen molar-refractivity contribution >= 4 is 10.8 Å². The molecule has 0 heterocycles. The lowest BCUT2D eigenvalue weighted by Crippen LogP contribution is -2.10. The predicted molar refractivity (Wildman–Crippen MR) is 79.3 cm³/mol. The van der Waals surface area contributed by atoms with Gasteiger partial charge in [0, 0.05) is 12.1 Å². The van der Waals surface area contributed by atoms with Crippen LogP contribution in [0, 0.1) is 5.92 Å². The van der Waals surface area contributed by atoms with E-state index >= 15 is 0 Å². The average molecular weight is 255 g/mol. The van der Waals surface area contributed by atoms with E-state index in [1.807, 2.05) is 0 Å². The molecule has 0 atom stereocenters. The number of ether oxygens (including phenoxy) is 1. The minimum Gasteiger partial charge on any atom is -0.493 e. The van der Waals surface area contributed by atoms with Crippen molar-refractivity contribution in [1.29, 1.82) is 0 Å². The molecule has 2 aromatic rings. The lowest BCUT2D eigenvalue weighted by molar-refractivity contribution is 0.250. The van der Waals surface area contributed by atoms with Crippen LogP contribution in [0.3, 0.4) is 0 Å². The fraction of sp³-hybridized carbons (Fsp3) is 0.412. The minimum absolute atomic E-state index is 0.529. The van der Waals surface area contributed by atoms with Crippen molar-refractivity contribution in [1.82, 2.24) is 0 Å². The van der Waals surface area contributed by atoms with Crippen LogP contribution < -0.4 is 10.5 Å². The Morgan fingerprint density at radius 2 is 1.84 bits per heavy atom. The van der Waals surface area contributed by atoms with E-state index in [-0.39, 0.29) is 0 Å². The van der Waals surface area contributed by atoms with E-state index in [0.29, 0.717) is 6.54 Å². The molecule has 1 aliphatic rings. The molecular weight excluding hydrogens is 234 g/mol. The van der Waals surface area contributed by atoms with E-state index < -0.39 is 0 Å². The summed E-state index contributed by atoms with van der Waals surface area (Å²) in [6.45, 7) is 1.37. The molecule has 0 unspecified atom stereocenters. The molecule has 0 bridgehead atoms. The fourth-order valence-electron chi connectivity index (χ4n) is 3.05. The summed E-state index contributed by atoms with van der Waals surface area (Å²) in [7, 11) is 0. The first-order chi connectivity index (χ1) is 9.38. The van der Waals surface area contributed by atoms with Crippen LogP contribution in [-0.2, 0) is 6.54 Å².